The van der Waals surface area contributed by atoms with Crippen LogP contribution < -0.4 is 0 Å². The molecular formula is C12H14Cl2. The highest BCUT2D eigenvalue weighted by molar-refractivity contribution is 6.30. The molecule has 2 rings (SSSR count). The third kappa shape index (κ3) is 2.07. The summed E-state index contributed by atoms with van der Waals surface area (Å²) in [5, 5.41) is 0.956. The normalized spacial score (nSPS) is 27.4. The van der Waals surface area contributed by atoms with E-state index in [1.165, 1.54) is 18.4 Å². The topological polar surface area (TPSA) is 0 Å². The first-order valence-electron chi connectivity index (χ1n) is 5.12. The number of benzene rings is 1. The van der Waals surface area contributed by atoms with E-state index in [-0.39, 0.29) is 5.38 Å². The minimum absolute atomic E-state index is 0.178. The van der Waals surface area contributed by atoms with Gasteiger partial charge in [0.1, 0.15) is 0 Å². The molecule has 0 aromatic heterocycles. The first-order valence-corrected chi connectivity index (χ1v) is 5.93. The molecule has 3 atom stereocenters. The molecule has 0 bridgehead atoms. The summed E-state index contributed by atoms with van der Waals surface area (Å²) in [7, 11) is 0. The summed E-state index contributed by atoms with van der Waals surface area (Å²) in [6.45, 7) is 2.23. The third-order valence-electron chi connectivity index (χ3n) is 3.07. The Hall–Kier alpha value is -0.200. The molecule has 1 fully saturated rings. The molecule has 0 spiro atoms. The molecule has 0 N–H and O–H groups in total. The lowest BCUT2D eigenvalue weighted by Crippen LogP contribution is -1.94. The van der Waals surface area contributed by atoms with Crippen LogP contribution in [0.1, 0.15) is 30.7 Å². The highest BCUT2D eigenvalue weighted by Gasteiger charge is 2.41. The molecule has 14 heavy (non-hydrogen) atoms. The van der Waals surface area contributed by atoms with E-state index in [1.54, 1.807) is 0 Å². The quantitative estimate of drug-likeness (QED) is 0.661. The largest absolute Gasteiger partial charge is 0.118 e. The number of alkyl halides is 1. The summed E-state index contributed by atoms with van der Waals surface area (Å²) in [5.74, 6) is 1.52. The standard InChI is InChI=1S/C12H14Cl2/c1-2-8-7-11(8)12(14)9-3-5-10(13)6-4-9/h3-6,8,11-12H,2,7H2,1H3. The van der Waals surface area contributed by atoms with Crippen molar-refractivity contribution in [1.29, 1.82) is 0 Å². The zero-order chi connectivity index (χ0) is 10.1. The lowest BCUT2D eigenvalue weighted by atomic mass is 10.1. The van der Waals surface area contributed by atoms with Crippen LogP contribution in [-0.2, 0) is 0 Å². The van der Waals surface area contributed by atoms with E-state index in [9.17, 15) is 0 Å². The number of halogens is 2. The van der Waals surface area contributed by atoms with Gasteiger partial charge in [-0.3, -0.25) is 0 Å². The van der Waals surface area contributed by atoms with Gasteiger partial charge >= 0.3 is 0 Å². The van der Waals surface area contributed by atoms with Crippen molar-refractivity contribution in [2.45, 2.75) is 25.1 Å². The van der Waals surface area contributed by atoms with Crippen LogP contribution in [0.3, 0.4) is 0 Å². The maximum absolute atomic E-state index is 6.39. The van der Waals surface area contributed by atoms with Crippen molar-refractivity contribution in [2.24, 2.45) is 11.8 Å². The molecule has 3 unspecified atom stereocenters. The fraction of sp³-hybridized carbons (Fsp3) is 0.500. The highest BCUT2D eigenvalue weighted by atomic mass is 35.5. The Morgan fingerprint density at radius 2 is 2.00 bits per heavy atom. The Morgan fingerprint density at radius 3 is 2.50 bits per heavy atom. The molecule has 0 aliphatic heterocycles. The zero-order valence-electron chi connectivity index (χ0n) is 8.21. The zero-order valence-corrected chi connectivity index (χ0v) is 9.72. The van der Waals surface area contributed by atoms with Crippen molar-refractivity contribution in [1.82, 2.24) is 0 Å². The van der Waals surface area contributed by atoms with Crippen LogP contribution in [-0.4, -0.2) is 0 Å². The second kappa shape index (κ2) is 4.12. The van der Waals surface area contributed by atoms with E-state index in [4.69, 9.17) is 23.2 Å². The van der Waals surface area contributed by atoms with Crippen LogP contribution >= 0.6 is 23.2 Å². The first kappa shape index (κ1) is 10.3. The SMILES string of the molecule is CCC1CC1C(Cl)c1ccc(Cl)cc1. The minimum Gasteiger partial charge on any atom is -0.118 e. The molecule has 2 heteroatoms. The Bertz CT molecular complexity index is 305. The summed E-state index contributed by atoms with van der Waals surface area (Å²) >= 11 is 12.2. The van der Waals surface area contributed by atoms with Crippen LogP contribution in [0.4, 0.5) is 0 Å². The van der Waals surface area contributed by atoms with E-state index >= 15 is 0 Å². The average molecular weight is 229 g/mol. The number of hydrogen-bond donors (Lipinski definition) is 0. The van der Waals surface area contributed by atoms with E-state index in [0.717, 1.165) is 10.9 Å². The van der Waals surface area contributed by atoms with Crippen LogP contribution in [0.5, 0.6) is 0 Å². The fourth-order valence-corrected chi connectivity index (χ4v) is 2.57. The van der Waals surface area contributed by atoms with Gasteiger partial charge in [0.2, 0.25) is 0 Å². The van der Waals surface area contributed by atoms with Gasteiger partial charge in [0.05, 0.1) is 5.38 Å². The van der Waals surface area contributed by atoms with Crippen molar-refractivity contribution in [3.63, 3.8) is 0 Å². The molecule has 1 aliphatic rings. The first-order chi connectivity index (χ1) is 6.72. The van der Waals surface area contributed by atoms with E-state index < -0.39 is 0 Å². The molecule has 0 saturated heterocycles. The van der Waals surface area contributed by atoms with E-state index in [1.807, 2.05) is 24.3 Å². The fourth-order valence-electron chi connectivity index (χ4n) is 1.99. The van der Waals surface area contributed by atoms with Crippen molar-refractivity contribution in [2.75, 3.05) is 0 Å². The number of hydrogen-bond acceptors (Lipinski definition) is 0. The van der Waals surface area contributed by atoms with Crippen LogP contribution in [0, 0.1) is 11.8 Å². The summed E-state index contributed by atoms with van der Waals surface area (Å²) in [4.78, 5) is 0. The maximum atomic E-state index is 6.39. The molecule has 1 aromatic carbocycles. The predicted molar refractivity (Wildman–Crippen MR) is 61.9 cm³/mol. The van der Waals surface area contributed by atoms with Gasteiger partial charge in [0.25, 0.3) is 0 Å². The van der Waals surface area contributed by atoms with E-state index in [0.29, 0.717) is 5.92 Å². The molecule has 1 aliphatic carbocycles. The number of rotatable bonds is 3. The maximum Gasteiger partial charge on any atom is 0.0616 e. The Labute approximate surface area is 95.2 Å². The lowest BCUT2D eigenvalue weighted by Gasteiger charge is -2.08. The summed E-state index contributed by atoms with van der Waals surface area (Å²) in [5.41, 5.74) is 1.21. The van der Waals surface area contributed by atoms with Gasteiger partial charge in [0.15, 0.2) is 0 Å². The molecule has 0 heterocycles. The average Bonchev–Trinajstić information content (AvgIpc) is 2.97. The monoisotopic (exact) mass is 228 g/mol. The molecule has 0 nitrogen and oxygen atoms in total. The van der Waals surface area contributed by atoms with Gasteiger partial charge in [-0.25, -0.2) is 0 Å². The van der Waals surface area contributed by atoms with Crippen LogP contribution in [0.2, 0.25) is 5.02 Å². The van der Waals surface area contributed by atoms with Gasteiger partial charge < -0.3 is 0 Å². The third-order valence-corrected chi connectivity index (χ3v) is 3.89. The Kier molecular flexibility index (Phi) is 3.04. The van der Waals surface area contributed by atoms with Crippen molar-refractivity contribution >= 4 is 23.2 Å². The lowest BCUT2D eigenvalue weighted by molar-refractivity contribution is 0.662. The molecule has 0 radical (unpaired) electrons. The predicted octanol–water partition coefficient (Wildman–Crippen LogP) is 4.67. The summed E-state index contributed by atoms with van der Waals surface area (Å²) in [6, 6.07) is 7.89. The van der Waals surface area contributed by atoms with Gasteiger partial charge in [-0.1, -0.05) is 37.1 Å². The second-order valence-corrected chi connectivity index (χ2v) is 4.93. The van der Waals surface area contributed by atoms with Crippen molar-refractivity contribution in [3.8, 4) is 0 Å². The molecule has 1 aromatic rings. The Balaban J connectivity index is 2.05. The van der Waals surface area contributed by atoms with Gasteiger partial charge in [0, 0.05) is 5.02 Å². The van der Waals surface area contributed by atoms with E-state index in [2.05, 4.69) is 6.92 Å². The molecule has 1 saturated carbocycles. The molecule has 76 valence electrons. The van der Waals surface area contributed by atoms with Crippen LogP contribution in [0.15, 0.2) is 24.3 Å². The molecule has 0 amide bonds. The molecular weight excluding hydrogens is 215 g/mol. The van der Waals surface area contributed by atoms with Gasteiger partial charge in [-0.05, 0) is 36.0 Å². The Morgan fingerprint density at radius 1 is 1.36 bits per heavy atom. The summed E-state index contributed by atoms with van der Waals surface area (Å²) < 4.78 is 0. The van der Waals surface area contributed by atoms with Crippen molar-refractivity contribution in [3.05, 3.63) is 34.9 Å². The second-order valence-electron chi connectivity index (χ2n) is 4.02. The van der Waals surface area contributed by atoms with Crippen molar-refractivity contribution < 1.29 is 0 Å². The highest BCUT2D eigenvalue weighted by Crippen LogP contribution is 2.52. The van der Waals surface area contributed by atoms with Gasteiger partial charge in [-0.15, -0.1) is 11.6 Å². The van der Waals surface area contributed by atoms with Gasteiger partial charge in [-0.2, -0.15) is 0 Å². The summed E-state index contributed by atoms with van der Waals surface area (Å²) in [6.07, 6.45) is 2.54. The van der Waals surface area contributed by atoms with Crippen LogP contribution in [0.25, 0.3) is 0 Å². The smallest absolute Gasteiger partial charge is 0.0616 e. The minimum atomic E-state index is 0.178.